The lowest BCUT2D eigenvalue weighted by Gasteiger charge is -2.22. The third-order valence-corrected chi connectivity index (χ3v) is 4.05. The Morgan fingerprint density at radius 3 is 2.94 bits per heavy atom. The molecule has 0 radical (unpaired) electrons. The van der Waals surface area contributed by atoms with Crippen LogP contribution in [-0.4, -0.2) is 18.8 Å². The molecule has 0 saturated carbocycles. The number of halogens is 2. The van der Waals surface area contributed by atoms with Crippen LogP contribution in [0.1, 0.15) is 12.8 Å². The molecule has 2 rings (SSSR count). The first-order chi connectivity index (χ1) is 7.75. The minimum atomic E-state index is -0.513. The van der Waals surface area contributed by atoms with Gasteiger partial charge in [0.1, 0.15) is 11.6 Å². The van der Waals surface area contributed by atoms with Crippen molar-refractivity contribution in [3.8, 4) is 0 Å². The molecule has 1 atom stereocenters. The summed E-state index contributed by atoms with van der Waals surface area (Å²) >= 11 is 1.48. The van der Waals surface area contributed by atoms with Crippen molar-refractivity contribution in [2.24, 2.45) is 5.92 Å². The topological polar surface area (TPSA) is 12.0 Å². The van der Waals surface area contributed by atoms with Crippen molar-refractivity contribution in [1.82, 2.24) is 5.32 Å². The van der Waals surface area contributed by atoms with Crippen molar-refractivity contribution in [3.05, 3.63) is 29.8 Å². The SMILES string of the molecule is Fc1ccc(SCC2CCCNC2)c(F)c1. The van der Waals surface area contributed by atoms with Crippen LogP contribution in [0.15, 0.2) is 23.1 Å². The van der Waals surface area contributed by atoms with Gasteiger partial charge in [-0.3, -0.25) is 0 Å². The normalized spacial score (nSPS) is 21.0. The van der Waals surface area contributed by atoms with Crippen LogP contribution in [0, 0.1) is 17.6 Å². The van der Waals surface area contributed by atoms with Crippen LogP contribution in [0.3, 0.4) is 0 Å². The zero-order chi connectivity index (χ0) is 11.4. The summed E-state index contributed by atoms with van der Waals surface area (Å²) < 4.78 is 26.0. The Hall–Kier alpha value is -0.610. The average molecular weight is 243 g/mol. The number of benzene rings is 1. The Labute approximate surface area is 98.6 Å². The van der Waals surface area contributed by atoms with Crippen molar-refractivity contribution >= 4 is 11.8 Å². The Bertz CT molecular complexity index is 351. The molecule has 16 heavy (non-hydrogen) atoms. The highest BCUT2D eigenvalue weighted by Crippen LogP contribution is 2.26. The van der Waals surface area contributed by atoms with Gasteiger partial charge in [-0.15, -0.1) is 11.8 Å². The molecule has 1 saturated heterocycles. The number of thioether (sulfide) groups is 1. The summed E-state index contributed by atoms with van der Waals surface area (Å²) in [6, 6.07) is 3.78. The minimum absolute atomic E-state index is 0.450. The number of hydrogen-bond acceptors (Lipinski definition) is 2. The molecule has 1 aromatic carbocycles. The second kappa shape index (κ2) is 5.64. The van der Waals surface area contributed by atoms with E-state index in [-0.39, 0.29) is 0 Å². The fourth-order valence-electron chi connectivity index (χ4n) is 1.87. The summed E-state index contributed by atoms with van der Waals surface area (Å²) in [4.78, 5) is 0.548. The van der Waals surface area contributed by atoms with Crippen molar-refractivity contribution in [2.45, 2.75) is 17.7 Å². The van der Waals surface area contributed by atoms with Gasteiger partial charge in [0.05, 0.1) is 0 Å². The Morgan fingerprint density at radius 2 is 2.25 bits per heavy atom. The molecule has 1 aromatic rings. The maximum absolute atomic E-state index is 13.3. The van der Waals surface area contributed by atoms with Gasteiger partial charge in [0, 0.05) is 16.7 Å². The van der Waals surface area contributed by atoms with Gasteiger partial charge in [-0.2, -0.15) is 0 Å². The van der Waals surface area contributed by atoms with Crippen LogP contribution in [0.25, 0.3) is 0 Å². The number of rotatable bonds is 3. The molecule has 0 aromatic heterocycles. The molecule has 0 amide bonds. The molecule has 0 bridgehead atoms. The molecule has 1 fully saturated rings. The third-order valence-electron chi connectivity index (χ3n) is 2.77. The van der Waals surface area contributed by atoms with Crippen LogP contribution >= 0.6 is 11.8 Å². The van der Waals surface area contributed by atoms with E-state index in [1.165, 1.54) is 36.7 Å². The van der Waals surface area contributed by atoms with E-state index in [4.69, 9.17) is 0 Å². The van der Waals surface area contributed by atoms with Gasteiger partial charge in [-0.25, -0.2) is 8.78 Å². The molecular weight excluding hydrogens is 228 g/mol. The van der Waals surface area contributed by atoms with Crippen molar-refractivity contribution < 1.29 is 8.78 Å². The molecule has 0 aliphatic carbocycles. The zero-order valence-corrected chi connectivity index (χ0v) is 9.83. The molecule has 4 heteroatoms. The molecule has 1 aliphatic heterocycles. The quantitative estimate of drug-likeness (QED) is 0.819. The lowest BCUT2D eigenvalue weighted by atomic mass is 10.0. The van der Waals surface area contributed by atoms with E-state index < -0.39 is 11.6 Å². The van der Waals surface area contributed by atoms with Crippen LogP contribution < -0.4 is 5.32 Å². The first-order valence-electron chi connectivity index (χ1n) is 5.54. The summed E-state index contributed by atoms with van der Waals surface area (Å²) in [7, 11) is 0. The lowest BCUT2D eigenvalue weighted by molar-refractivity contribution is 0.410. The van der Waals surface area contributed by atoms with E-state index in [0.717, 1.165) is 24.9 Å². The standard InChI is InChI=1S/C12H15F2NS/c13-10-3-4-12(11(14)6-10)16-8-9-2-1-5-15-7-9/h3-4,6,9,15H,1-2,5,7-8H2. The smallest absolute Gasteiger partial charge is 0.139 e. The second-order valence-corrected chi connectivity index (χ2v) is 5.16. The van der Waals surface area contributed by atoms with Crippen LogP contribution in [-0.2, 0) is 0 Å². The van der Waals surface area contributed by atoms with E-state index in [0.29, 0.717) is 10.8 Å². The zero-order valence-electron chi connectivity index (χ0n) is 9.01. The molecule has 88 valence electrons. The van der Waals surface area contributed by atoms with Gasteiger partial charge in [-0.05, 0) is 44.0 Å². The largest absolute Gasteiger partial charge is 0.316 e. The van der Waals surface area contributed by atoms with Gasteiger partial charge in [0.15, 0.2) is 0 Å². The third kappa shape index (κ3) is 3.19. The Balaban J connectivity index is 1.88. The monoisotopic (exact) mass is 243 g/mol. The maximum Gasteiger partial charge on any atom is 0.139 e. The molecule has 1 unspecified atom stereocenters. The maximum atomic E-state index is 13.3. The fourth-order valence-corrected chi connectivity index (χ4v) is 2.93. The first-order valence-corrected chi connectivity index (χ1v) is 6.53. The second-order valence-electron chi connectivity index (χ2n) is 4.10. The van der Waals surface area contributed by atoms with Crippen molar-refractivity contribution in [1.29, 1.82) is 0 Å². The molecule has 1 N–H and O–H groups in total. The molecule has 0 spiro atoms. The number of piperidine rings is 1. The van der Waals surface area contributed by atoms with Gasteiger partial charge < -0.3 is 5.32 Å². The molecule has 1 aliphatic rings. The van der Waals surface area contributed by atoms with Crippen LogP contribution in [0.5, 0.6) is 0 Å². The van der Waals surface area contributed by atoms with Gasteiger partial charge in [0.25, 0.3) is 0 Å². The highest BCUT2D eigenvalue weighted by atomic mass is 32.2. The first kappa shape index (κ1) is 11.9. The van der Waals surface area contributed by atoms with E-state index >= 15 is 0 Å². The van der Waals surface area contributed by atoms with Crippen molar-refractivity contribution in [2.75, 3.05) is 18.8 Å². The number of nitrogens with one attached hydrogen (secondary N) is 1. The summed E-state index contributed by atoms with van der Waals surface area (Å²) in [5, 5.41) is 3.33. The summed E-state index contributed by atoms with van der Waals surface area (Å²) in [6.45, 7) is 2.10. The van der Waals surface area contributed by atoms with E-state index in [1.807, 2.05) is 0 Å². The van der Waals surface area contributed by atoms with E-state index in [2.05, 4.69) is 5.32 Å². The van der Waals surface area contributed by atoms with E-state index in [9.17, 15) is 8.78 Å². The fraction of sp³-hybridized carbons (Fsp3) is 0.500. The summed E-state index contributed by atoms with van der Waals surface area (Å²) in [6.07, 6.45) is 2.39. The summed E-state index contributed by atoms with van der Waals surface area (Å²) in [5.41, 5.74) is 0. The van der Waals surface area contributed by atoms with Crippen LogP contribution in [0.4, 0.5) is 8.78 Å². The molecule has 1 nitrogen and oxygen atoms in total. The predicted octanol–water partition coefficient (Wildman–Crippen LogP) is 3.06. The highest BCUT2D eigenvalue weighted by molar-refractivity contribution is 7.99. The number of hydrogen-bond donors (Lipinski definition) is 1. The average Bonchev–Trinajstić information content (AvgIpc) is 2.29. The minimum Gasteiger partial charge on any atom is -0.316 e. The van der Waals surface area contributed by atoms with Crippen LogP contribution in [0.2, 0.25) is 0 Å². The van der Waals surface area contributed by atoms with Gasteiger partial charge in [0.2, 0.25) is 0 Å². The molecular formula is C12H15F2NS. The highest BCUT2D eigenvalue weighted by Gasteiger charge is 2.14. The van der Waals surface area contributed by atoms with Gasteiger partial charge >= 0.3 is 0 Å². The van der Waals surface area contributed by atoms with Gasteiger partial charge in [-0.1, -0.05) is 0 Å². The van der Waals surface area contributed by atoms with E-state index in [1.54, 1.807) is 0 Å². The Morgan fingerprint density at radius 1 is 1.38 bits per heavy atom. The predicted molar refractivity (Wildman–Crippen MR) is 62.7 cm³/mol. The summed E-state index contributed by atoms with van der Waals surface area (Å²) in [5.74, 6) is 0.536. The Kier molecular flexibility index (Phi) is 4.18. The lowest BCUT2D eigenvalue weighted by Crippen LogP contribution is -2.30. The molecule has 1 heterocycles. The van der Waals surface area contributed by atoms with Crippen molar-refractivity contribution in [3.63, 3.8) is 0 Å².